The third-order valence-corrected chi connectivity index (χ3v) is 4.61. The Kier molecular flexibility index (Phi) is 4.61. The van der Waals surface area contributed by atoms with Crippen molar-refractivity contribution in [2.75, 3.05) is 19.8 Å². The molecule has 0 aliphatic heterocycles. The number of nitrogens with zero attached hydrogens (tertiary/aromatic N) is 4. The van der Waals surface area contributed by atoms with Crippen LogP contribution in [-0.2, 0) is 4.79 Å². The normalized spacial score (nSPS) is 11.4. The minimum absolute atomic E-state index is 0.0289. The monoisotopic (exact) mass is 340 g/mol. The lowest BCUT2D eigenvalue weighted by Crippen LogP contribution is -2.23. The van der Waals surface area contributed by atoms with Crippen LogP contribution in [0.15, 0.2) is 46.6 Å². The molecular weight excluding hydrogens is 324 g/mol. The zero-order valence-electron chi connectivity index (χ0n) is 13.3. The maximum atomic E-state index is 11.9. The van der Waals surface area contributed by atoms with Crippen LogP contribution in [0.1, 0.15) is 5.69 Å². The van der Waals surface area contributed by atoms with Gasteiger partial charge in [0.15, 0.2) is 0 Å². The molecule has 0 saturated heterocycles. The fraction of sp³-hybridized carbons (Fsp3) is 0.176. The molecule has 24 heavy (non-hydrogen) atoms. The van der Waals surface area contributed by atoms with Crippen molar-refractivity contribution in [1.82, 2.24) is 14.9 Å². The van der Waals surface area contributed by atoms with E-state index < -0.39 is 0 Å². The highest BCUT2D eigenvalue weighted by molar-refractivity contribution is 8.00. The van der Waals surface area contributed by atoms with E-state index in [2.05, 4.69) is 15.1 Å². The van der Waals surface area contributed by atoms with E-state index in [9.17, 15) is 4.79 Å². The zero-order valence-corrected chi connectivity index (χ0v) is 14.1. The molecule has 2 aromatic heterocycles. The first-order valence-corrected chi connectivity index (χ1v) is 8.27. The van der Waals surface area contributed by atoms with Crippen LogP contribution in [0.3, 0.4) is 0 Å². The first-order valence-electron chi connectivity index (χ1n) is 7.29. The second-order valence-corrected chi connectivity index (χ2v) is 6.42. The smallest absolute Gasteiger partial charge is 0.232 e. The van der Waals surface area contributed by atoms with Crippen LogP contribution in [-0.4, -0.2) is 52.0 Å². The summed E-state index contributed by atoms with van der Waals surface area (Å²) in [6.07, 6.45) is 3.00. The van der Waals surface area contributed by atoms with E-state index in [1.807, 2.05) is 30.3 Å². The Bertz CT molecular complexity index is 940. The van der Waals surface area contributed by atoms with Crippen molar-refractivity contribution in [2.24, 2.45) is 5.16 Å². The van der Waals surface area contributed by atoms with Crippen molar-refractivity contribution < 1.29 is 10.0 Å². The van der Waals surface area contributed by atoms with Gasteiger partial charge in [-0.3, -0.25) is 9.78 Å². The van der Waals surface area contributed by atoms with Crippen LogP contribution >= 0.6 is 11.8 Å². The molecule has 0 fully saturated rings. The van der Waals surface area contributed by atoms with Crippen molar-refractivity contribution in [3.05, 3.63) is 42.2 Å². The molecule has 7 heteroatoms. The second kappa shape index (κ2) is 6.84. The fourth-order valence-corrected chi connectivity index (χ4v) is 3.39. The van der Waals surface area contributed by atoms with E-state index in [1.54, 1.807) is 25.2 Å². The molecule has 1 N–H and O–H groups in total. The molecule has 0 spiro atoms. The molecule has 6 nitrogen and oxygen atoms in total. The van der Waals surface area contributed by atoms with Gasteiger partial charge < -0.3 is 10.1 Å². The molecule has 0 aliphatic rings. The quantitative estimate of drug-likeness (QED) is 0.260. The zero-order chi connectivity index (χ0) is 17.1. The van der Waals surface area contributed by atoms with E-state index >= 15 is 0 Å². The summed E-state index contributed by atoms with van der Waals surface area (Å²) in [6.45, 7) is 0. The maximum Gasteiger partial charge on any atom is 0.232 e. The summed E-state index contributed by atoms with van der Waals surface area (Å²) in [6, 6.07) is 9.63. The van der Waals surface area contributed by atoms with Crippen molar-refractivity contribution >= 4 is 45.7 Å². The Morgan fingerprint density at radius 3 is 2.92 bits per heavy atom. The van der Waals surface area contributed by atoms with Crippen LogP contribution in [0.25, 0.3) is 21.8 Å². The van der Waals surface area contributed by atoms with Gasteiger partial charge in [0.05, 0.1) is 28.7 Å². The molecular formula is C17H16N4O2S. The second-order valence-electron chi connectivity index (χ2n) is 5.40. The largest absolute Gasteiger partial charge is 0.411 e. The number of pyridine rings is 2. The average Bonchev–Trinajstić information content (AvgIpc) is 2.59. The number of thioether (sulfide) groups is 1. The average molecular weight is 340 g/mol. The van der Waals surface area contributed by atoms with Crippen molar-refractivity contribution in [3.63, 3.8) is 0 Å². The Labute approximate surface area is 143 Å². The van der Waals surface area contributed by atoms with Gasteiger partial charge in [-0.1, -0.05) is 23.4 Å². The number of aromatic nitrogens is 2. The Hall–Kier alpha value is -2.67. The summed E-state index contributed by atoms with van der Waals surface area (Å²) in [5.41, 5.74) is 2.03. The molecule has 3 rings (SSSR count). The summed E-state index contributed by atoms with van der Waals surface area (Å²) in [5.74, 6) is 0.350. The number of rotatable bonds is 4. The number of fused-ring (bicyclic) bond motifs is 3. The van der Waals surface area contributed by atoms with Gasteiger partial charge >= 0.3 is 0 Å². The lowest BCUT2D eigenvalue weighted by molar-refractivity contribution is -0.125. The Balaban J connectivity index is 2.16. The molecule has 1 aromatic carbocycles. The summed E-state index contributed by atoms with van der Waals surface area (Å²) >= 11 is 1.43. The molecule has 0 bridgehead atoms. The number of amides is 1. The first-order chi connectivity index (χ1) is 11.6. The van der Waals surface area contributed by atoms with Crippen LogP contribution in [0.4, 0.5) is 0 Å². The maximum absolute atomic E-state index is 11.9. The summed E-state index contributed by atoms with van der Waals surface area (Å²) in [4.78, 5) is 23.3. The highest BCUT2D eigenvalue weighted by atomic mass is 32.2. The van der Waals surface area contributed by atoms with Crippen LogP contribution in [0.5, 0.6) is 0 Å². The van der Waals surface area contributed by atoms with Gasteiger partial charge in [-0.05, 0) is 12.1 Å². The SMILES string of the molecule is CN(C)C(=O)CSc1cc(/C=N/O)nc2c1ccc1cccnc12. The molecule has 0 saturated carbocycles. The predicted molar refractivity (Wildman–Crippen MR) is 95.8 cm³/mol. The third kappa shape index (κ3) is 3.16. The van der Waals surface area contributed by atoms with Gasteiger partial charge in [0, 0.05) is 36.0 Å². The van der Waals surface area contributed by atoms with Crippen molar-refractivity contribution in [2.45, 2.75) is 4.90 Å². The summed E-state index contributed by atoms with van der Waals surface area (Å²) < 4.78 is 0. The number of carbonyl (C=O) groups excluding carboxylic acids is 1. The van der Waals surface area contributed by atoms with Crippen molar-refractivity contribution in [3.8, 4) is 0 Å². The number of hydrogen-bond acceptors (Lipinski definition) is 6. The molecule has 1 amide bonds. The molecule has 0 radical (unpaired) electrons. The molecule has 0 unspecified atom stereocenters. The lowest BCUT2D eigenvalue weighted by atomic mass is 10.1. The van der Waals surface area contributed by atoms with Gasteiger partial charge in [-0.25, -0.2) is 4.98 Å². The third-order valence-electron chi connectivity index (χ3n) is 3.57. The highest BCUT2D eigenvalue weighted by Gasteiger charge is 2.12. The highest BCUT2D eigenvalue weighted by Crippen LogP contribution is 2.31. The first kappa shape index (κ1) is 16.2. The van der Waals surface area contributed by atoms with Gasteiger partial charge in [0.1, 0.15) is 0 Å². The van der Waals surface area contributed by atoms with Crippen LogP contribution < -0.4 is 0 Å². The van der Waals surface area contributed by atoms with Gasteiger partial charge in [0.25, 0.3) is 0 Å². The molecule has 3 aromatic rings. The molecule has 122 valence electrons. The lowest BCUT2D eigenvalue weighted by Gasteiger charge is -2.12. The van der Waals surface area contributed by atoms with Crippen molar-refractivity contribution in [1.29, 1.82) is 0 Å². The van der Waals surface area contributed by atoms with Gasteiger partial charge in [-0.15, -0.1) is 11.8 Å². The molecule has 0 atom stereocenters. The summed E-state index contributed by atoms with van der Waals surface area (Å²) in [5, 5.41) is 13.8. The van der Waals surface area contributed by atoms with E-state index in [0.717, 1.165) is 26.7 Å². The minimum atomic E-state index is 0.0289. The summed E-state index contributed by atoms with van der Waals surface area (Å²) in [7, 11) is 3.46. The Morgan fingerprint density at radius 1 is 1.33 bits per heavy atom. The van der Waals surface area contributed by atoms with Gasteiger partial charge in [-0.2, -0.15) is 0 Å². The van der Waals surface area contributed by atoms with Crippen LogP contribution in [0.2, 0.25) is 0 Å². The Morgan fingerprint density at radius 2 is 2.17 bits per heavy atom. The topological polar surface area (TPSA) is 78.7 Å². The van der Waals surface area contributed by atoms with Gasteiger partial charge in [0.2, 0.25) is 5.91 Å². The van der Waals surface area contributed by atoms with Crippen LogP contribution in [0, 0.1) is 0 Å². The number of benzene rings is 1. The molecule has 2 heterocycles. The predicted octanol–water partition coefficient (Wildman–Crippen LogP) is 2.77. The van der Waals surface area contributed by atoms with E-state index in [-0.39, 0.29) is 5.91 Å². The fourth-order valence-electron chi connectivity index (χ4n) is 2.33. The molecule has 0 aliphatic carbocycles. The number of hydrogen-bond donors (Lipinski definition) is 1. The van der Waals surface area contributed by atoms with E-state index in [0.29, 0.717) is 11.4 Å². The number of oxime groups is 1. The van der Waals surface area contributed by atoms with E-state index in [1.165, 1.54) is 18.0 Å². The standard InChI is InChI=1S/C17H16N4O2S/c1-21(2)15(22)10-24-14-8-12(9-19-23)20-17-13(14)6-5-11-4-3-7-18-16(11)17/h3-9,23H,10H2,1-2H3/b19-9+. The van der Waals surface area contributed by atoms with E-state index in [4.69, 9.17) is 5.21 Å². The minimum Gasteiger partial charge on any atom is -0.411 e. The number of carbonyl (C=O) groups is 1.